The minimum Gasteiger partial charge on any atom is -0.481 e. The van der Waals surface area contributed by atoms with Gasteiger partial charge in [0.15, 0.2) is 0 Å². The number of hydrogen-bond donors (Lipinski definition) is 3. The topological polar surface area (TPSA) is 102 Å². The number of piperidine rings is 1. The number of rotatable bonds is 7. The van der Waals surface area contributed by atoms with Crippen LogP contribution in [-0.2, 0) is 11.2 Å². The molecule has 0 aromatic heterocycles. The number of amides is 4. The number of carbonyl (C=O) groups excluding carboxylic acids is 2. The molecule has 8 heteroatoms. The molecule has 0 bridgehead atoms. The van der Waals surface area contributed by atoms with E-state index in [4.69, 9.17) is 5.11 Å². The fourth-order valence-corrected chi connectivity index (χ4v) is 3.27. The number of likely N-dealkylation sites (tertiary alicyclic amines) is 1. The Morgan fingerprint density at radius 2 is 1.96 bits per heavy atom. The summed E-state index contributed by atoms with van der Waals surface area (Å²) < 4.78 is 0. The van der Waals surface area contributed by atoms with E-state index in [1.165, 1.54) is 4.90 Å². The minimum atomic E-state index is -0.878. The number of carboxylic acids is 1. The molecule has 1 aromatic rings. The van der Waals surface area contributed by atoms with Crippen molar-refractivity contribution in [2.24, 2.45) is 0 Å². The number of nitrogens with zero attached hydrogens (tertiary/aromatic N) is 2. The van der Waals surface area contributed by atoms with Gasteiger partial charge in [0.25, 0.3) is 0 Å². The smallest absolute Gasteiger partial charge is 0.317 e. The number of benzene rings is 1. The van der Waals surface area contributed by atoms with E-state index < -0.39 is 5.97 Å². The van der Waals surface area contributed by atoms with E-state index in [9.17, 15) is 14.4 Å². The highest BCUT2D eigenvalue weighted by Gasteiger charge is 2.26. The largest absolute Gasteiger partial charge is 0.481 e. The predicted octanol–water partition coefficient (Wildman–Crippen LogP) is 1.91. The molecule has 0 spiro atoms. The monoisotopic (exact) mass is 390 g/mol. The van der Waals surface area contributed by atoms with E-state index in [1.54, 1.807) is 19.0 Å². The zero-order chi connectivity index (χ0) is 20.5. The van der Waals surface area contributed by atoms with Gasteiger partial charge in [-0.05, 0) is 31.2 Å². The van der Waals surface area contributed by atoms with Crippen molar-refractivity contribution in [3.8, 4) is 0 Å². The highest BCUT2D eigenvalue weighted by atomic mass is 16.4. The van der Waals surface area contributed by atoms with Crippen molar-refractivity contribution in [2.45, 2.75) is 44.2 Å². The van der Waals surface area contributed by atoms with Crippen LogP contribution in [0.4, 0.5) is 9.59 Å². The number of urea groups is 2. The van der Waals surface area contributed by atoms with E-state index >= 15 is 0 Å². The molecule has 2 unspecified atom stereocenters. The molecule has 8 nitrogen and oxygen atoms in total. The van der Waals surface area contributed by atoms with Crippen molar-refractivity contribution < 1.29 is 19.5 Å². The first kappa shape index (κ1) is 21.5. The van der Waals surface area contributed by atoms with Crippen LogP contribution in [0.2, 0.25) is 0 Å². The summed E-state index contributed by atoms with van der Waals surface area (Å²) in [7, 11) is 3.36. The third-order valence-corrected chi connectivity index (χ3v) is 4.80. The van der Waals surface area contributed by atoms with Gasteiger partial charge in [-0.15, -0.1) is 0 Å². The summed E-state index contributed by atoms with van der Waals surface area (Å²) in [6.45, 7) is 1.07. The first-order valence-electron chi connectivity index (χ1n) is 9.64. The second-order valence-corrected chi connectivity index (χ2v) is 7.40. The lowest BCUT2D eigenvalue weighted by atomic mass is 10.0. The lowest BCUT2D eigenvalue weighted by molar-refractivity contribution is -0.137. The maximum atomic E-state index is 12.8. The van der Waals surface area contributed by atoms with Gasteiger partial charge in [-0.2, -0.15) is 0 Å². The zero-order valence-corrected chi connectivity index (χ0v) is 16.6. The molecule has 2 rings (SSSR count). The van der Waals surface area contributed by atoms with Crippen molar-refractivity contribution >= 4 is 18.0 Å². The van der Waals surface area contributed by atoms with Gasteiger partial charge in [0.05, 0.1) is 0 Å². The maximum Gasteiger partial charge on any atom is 0.317 e. The fraction of sp³-hybridized carbons (Fsp3) is 0.550. The van der Waals surface area contributed by atoms with Crippen LogP contribution in [0, 0.1) is 0 Å². The van der Waals surface area contributed by atoms with E-state index in [0.717, 1.165) is 18.4 Å². The summed E-state index contributed by atoms with van der Waals surface area (Å²) in [5.41, 5.74) is 1.05. The summed E-state index contributed by atoms with van der Waals surface area (Å²) in [4.78, 5) is 38.8. The molecule has 1 aliphatic heterocycles. The van der Waals surface area contributed by atoms with Crippen molar-refractivity contribution in [2.75, 3.05) is 27.2 Å². The van der Waals surface area contributed by atoms with E-state index in [-0.39, 0.29) is 30.6 Å². The summed E-state index contributed by atoms with van der Waals surface area (Å²) in [6, 6.07) is 8.97. The highest BCUT2D eigenvalue weighted by molar-refractivity contribution is 5.76. The van der Waals surface area contributed by atoms with Gasteiger partial charge in [-0.1, -0.05) is 30.3 Å². The normalized spacial score (nSPS) is 17.5. The molecule has 28 heavy (non-hydrogen) atoms. The molecule has 1 saturated heterocycles. The Balaban J connectivity index is 1.94. The average molecular weight is 390 g/mol. The van der Waals surface area contributed by atoms with Gasteiger partial charge < -0.3 is 25.5 Å². The Morgan fingerprint density at radius 3 is 2.61 bits per heavy atom. The molecule has 0 aliphatic carbocycles. The van der Waals surface area contributed by atoms with Crippen LogP contribution in [0.15, 0.2) is 30.3 Å². The second kappa shape index (κ2) is 10.5. The molecule has 3 N–H and O–H groups in total. The summed E-state index contributed by atoms with van der Waals surface area (Å²) >= 11 is 0. The summed E-state index contributed by atoms with van der Waals surface area (Å²) in [5.74, 6) is -0.878. The third kappa shape index (κ3) is 7.09. The minimum absolute atomic E-state index is 0.000697. The Hall–Kier alpha value is -2.77. The van der Waals surface area contributed by atoms with Gasteiger partial charge >= 0.3 is 18.0 Å². The average Bonchev–Trinajstić information content (AvgIpc) is 2.67. The van der Waals surface area contributed by atoms with Crippen LogP contribution in [0.25, 0.3) is 0 Å². The van der Waals surface area contributed by atoms with Crippen LogP contribution in [0.5, 0.6) is 0 Å². The molecule has 1 fully saturated rings. The number of nitrogens with one attached hydrogen (secondary N) is 2. The van der Waals surface area contributed by atoms with Crippen LogP contribution in [0.3, 0.4) is 0 Å². The van der Waals surface area contributed by atoms with Gasteiger partial charge in [0.2, 0.25) is 0 Å². The van der Waals surface area contributed by atoms with Crippen LogP contribution < -0.4 is 10.6 Å². The number of carbonyl (C=O) groups is 3. The fourth-order valence-electron chi connectivity index (χ4n) is 3.27. The second-order valence-electron chi connectivity index (χ2n) is 7.40. The Labute approximate surface area is 165 Å². The van der Waals surface area contributed by atoms with Crippen molar-refractivity contribution in [3.05, 3.63) is 35.9 Å². The maximum absolute atomic E-state index is 12.8. The SMILES string of the molecule is CN(C)C(=O)NC1CCCN(C(=O)NC(CCC(=O)O)Cc2ccccc2)C1. The van der Waals surface area contributed by atoms with Crippen molar-refractivity contribution in [1.82, 2.24) is 20.4 Å². The molecule has 1 aliphatic rings. The standard InChI is InChI=1S/C20H30N4O4/c1-23(2)19(27)22-17-9-6-12-24(14-17)20(28)21-16(10-11-18(25)26)13-15-7-4-3-5-8-15/h3-5,7-8,16-17H,6,9-14H2,1-2H3,(H,21,28)(H,22,27)(H,25,26). The lowest BCUT2D eigenvalue weighted by Gasteiger charge is -2.34. The Bertz CT molecular complexity index is 665. The summed E-state index contributed by atoms with van der Waals surface area (Å²) in [5, 5.41) is 14.9. The first-order chi connectivity index (χ1) is 13.3. The van der Waals surface area contributed by atoms with E-state index in [1.807, 2.05) is 30.3 Å². The lowest BCUT2D eigenvalue weighted by Crippen LogP contribution is -2.55. The molecular weight excluding hydrogens is 360 g/mol. The van der Waals surface area contributed by atoms with Gasteiger partial charge in [0, 0.05) is 45.7 Å². The molecule has 0 radical (unpaired) electrons. The van der Waals surface area contributed by atoms with Crippen molar-refractivity contribution in [3.63, 3.8) is 0 Å². The van der Waals surface area contributed by atoms with Crippen LogP contribution in [-0.4, -0.2) is 72.2 Å². The highest BCUT2D eigenvalue weighted by Crippen LogP contribution is 2.13. The number of carboxylic acid groups (broad SMARTS) is 1. The molecule has 0 saturated carbocycles. The Morgan fingerprint density at radius 1 is 1.25 bits per heavy atom. The molecule has 154 valence electrons. The summed E-state index contributed by atoms with van der Waals surface area (Å²) in [6.07, 6.45) is 2.58. The predicted molar refractivity (Wildman–Crippen MR) is 106 cm³/mol. The Kier molecular flexibility index (Phi) is 8.10. The molecule has 1 heterocycles. The van der Waals surface area contributed by atoms with Crippen LogP contribution >= 0.6 is 0 Å². The third-order valence-electron chi connectivity index (χ3n) is 4.80. The number of hydrogen-bond acceptors (Lipinski definition) is 3. The molecule has 2 atom stereocenters. The quantitative estimate of drug-likeness (QED) is 0.662. The van der Waals surface area contributed by atoms with E-state index in [0.29, 0.717) is 25.9 Å². The molecular formula is C20H30N4O4. The molecule has 1 aromatic carbocycles. The van der Waals surface area contributed by atoms with Gasteiger partial charge in [-0.3, -0.25) is 4.79 Å². The zero-order valence-electron chi connectivity index (χ0n) is 16.6. The number of aliphatic carboxylic acids is 1. The van der Waals surface area contributed by atoms with Crippen molar-refractivity contribution in [1.29, 1.82) is 0 Å². The van der Waals surface area contributed by atoms with E-state index in [2.05, 4.69) is 10.6 Å². The molecule has 4 amide bonds. The van der Waals surface area contributed by atoms with Crippen LogP contribution in [0.1, 0.15) is 31.2 Å². The van der Waals surface area contributed by atoms with Gasteiger partial charge in [0.1, 0.15) is 0 Å². The first-order valence-corrected chi connectivity index (χ1v) is 9.64. The van der Waals surface area contributed by atoms with Gasteiger partial charge in [-0.25, -0.2) is 9.59 Å².